The Morgan fingerprint density at radius 3 is 2.80 bits per heavy atom. The van der Waals surface area contributed by atoms with Crippen molar-refractivity contribution in [3.63, 3.8) is 0 Å². The fourth-order valence-electron chi connectivity index (χ4n) is 3.96. The van der Waals surface area contributed by atoms with Gasteiger partial charge in [0.1, 0.15) is 5.69 Å². The molecule has 0 bridgehead atoms. The highest BCUT2D eigenvalue weighted by Gasteiger charge is 2.29. The Bertz CT molecular complexity index is 983. The van der Waals surface area contributed by atoms with Crippen molar-refractivity contribution in [1.29, 1.82) is 0 Å². The largest absolute Gasteiger partial charge is 0.493 e. The number of thiophene rings is 1. The summed E-state index contributed by atoms with van der Waals surface area (Å²) in [5, 5.41) is 6.34. The van der Waals surface area contributed by atoms with Gasteiger partial charge in [-0.05, 0) is 42.0 Å². The van der Waals surface area contributed by atoms with Crippen LogP contribution in [0.25, 0.3) is 10.6 Å². The number of rotatable bonds is 6. The minimum atomic E-state index is -0.0578. The second kappa shape index (κ2) is 9.34. The third kappa shape index (κ3) is 4.36. The molecule has 0 unspecified atom stereocenters. The highest BCUT2D eigenvalue weighted by atomic mass is 32.1. The summed E-state index contributed by atoms with van der Waals surface area (Å²) >= 11 is 1.62. The van der Waals surface area contributed by atoms with Crippen molar-refractivity contribution in [2.24, 2.45) is 0 Å². The van der Waals surface area contributed by atoms with Crippen LogP contribution in [0.3, 0.4) is 0 Å². The van der Waals surface area contributed by atoms with Crippen molar-refractivity contribution < 1.29 is 18.8 Å². The van der Waals surface area contributed by atoms with Gasteiger partial charge in [0.15, 0.2) is 17.3 Å². The Balaban J connectivity index is 1.55. The molecule has 158 valence electrons. The monoisotopic (exact) mass is 426 g/mol. The molecule has 3 heterocycles. The quantitative estimate of drug-likeness (QED) is 0.548. The van der Waals surface area contributed by atoms with Crippen molar-refractivity contribution >= 4 is 17.2 Å². The lowest BCUT2D eigenvalue weighted by molar-refractivity contribution is -0.133. The van der Waals surface area contributed by atoms with Gasteiger partial charge in [-0.1, -0.05) is 30.1 Å². The maximum Gasteiger partial charge on any atom is 0.227 e. The van der Waals surface area contributed by atoms with E-state index in [-0.39, 0.29) is 11.9 Å². The molecule has 1 aliphatic heterocycles. The summed E-state index contributed by atoms with van der Waals surface area (Å²) in [5.74, 6) is 2.14. The summed E-state index contributed by atoms with van der Waals surface area (Å²) in [5.41, 5.74) is 1.74. The van der Waals surface area contributed by atoms with E-state index in [1.165, 1.54) is 0 Å². The van der Waals surface area contributed by atoms with E-state index in [0.29, 0.717) is 17.9 Å². The molecular weight excluding hydrogens is 400 g/mol. The lowest BCUT2D eigenvalue weighted by atomic mass is 10.0. The number of likely N-dealkylation sites (tertiary alicyclic amines) is 1. The molecule has 0 N–H and O–H groups in total. The fraction of sp³-hybridized carbons (Fsp3) is 0.391. The van der Waals surface area contributed by atoms with Crippen LogP contribution in [0.4, 0.5) is 0 Å². The van der Waals surface area contributed by atoms with Crippen molar-refractivity contribution in [3.8, 4) is 22.1 Å². The van der Waals surface area contributed by atoms with Crippen LogP contribution in [-0.2, 0) is 11.2 Å². The molecule has 1 fully saturated rings. The summed E-state index contributed by atoms with van der Waals surface area (Å²) in [4.78, 5) is 16.3. The van der Waals surface area contributed by atoms with E-state index in [0.717, 1.165) is 54.1 Å². The Kier molecular flexibility index (Phi) is 6.38. The molecular formula is C23H26N2O4S. The average Bonchev–Trinajstić information content (AvgIpc) is 3.41. The Hall–Kier alpha value is -2.80. The Morgan fingerprint density at radius 1 is 1.17 bits per heavy atom. The second-order valence-electron chi connectivity index (χ2n) is 7.41. The first-order valence-corrected chi connectivity index (χ1v) is 11.1. The Labute approximate surface area is 180 Å². The highest BCUT2D eigenvalue weighted by Crippen LogP contribution is 2.34. The molecule has 1 aromatic carbocycles. The van der Waals surface area contributed by atoms with Crippen LogP contribution in [0, 0.1) is 0 Å². The molecule has 6 nitrogen and oxygen atoms in total. The van der Waals surface area contributed by atoms with Crippen LogP contribution in [0.5, 0.6) is 11.5 Å². The smallest absolute Gasteiger partial charge is 0.227 e. The van der Waals surface area contributed by atoms with E-state index in [1.807, 2.05) is 46.7 Å². The van der Waals surface area contributed by atoms with Gasteiger partial charge in [0.25, 0.3) is 0 Å². The van der Waals surface area contributed by atoms with Crippen LogP contribution in [0.15, 0.2) is 46.3 Å². The molecule has 1 saturated heterocycles. The standard InChI is InChI=1S/C23H26N2O4S/c1-27-19-10-9-16(13-20(19)28-2)14-23(26)25-11-5-3-4-7-18(25)17-15-21(29-24-17)22-8-6-12-30-22/h6,8-10,12-13,15,18H,3-5,7,11,14H2,1-2H3/t18-/m0/s1. The first-order valence-electron chi connectivity index (χ1n) is 10.2. The predicted molar refractivity (Wildman–Crippen MR) is 116 cm³/mol. The number of methoxy groups -OCH3 is 2. The number of aromatic nitrogens is 1. The summed E-state index contributed by atoms with van der Waals surface area (Å²) in [7, 11) is 3.21. The van der Waals surface area contributed by atoms with E-state index in [9.17, 15) is 4.79 Å². The van der Waals surface area contributed by atoms with E-state index in [2.05, 4.69) is 5.16 Å². The molecule has 1 atom stereocenters. The second-order valence-corrected chi connectivity index (χ2v) is 8.36. The van der Waals surface area contributed by atoms with Crippen molar-refractivity contribution in [1.82, 2.24) is 10.1 Å². The summed E-state index contributed by atoms with van der Waals surface area (Å²) in [6.07, 6.45) is 4.41. The number of amides is 1. The lowest BCUT2D eigenvalue weighted by Gasteiger charge is -2.28. The molecule has 1 amide bonds. The first-order chi connectivity index (χ1) is 14.7. The van der Waals surface area contributed by atoms with Crippen LogP contribution in [0.2, 0.25) is 0 Å². The minimum Gasteiger partial charge on any atom is -0.493 e. The van der Waals surface area contributed by atoms with Crippen LogP contribution in [-0.4, -0.2) is 36.7 Å². The molecule has 0 spiro atoms. The molecule has 0 radical (unpaired) electrons. The van der Waals surface area contributed by atoms with Gasteiger partial charge in [-0.3, -0.25) is 4.79 Å². The zero-order valence-electron chi connectivity index (χ0n) is 17.3. The zero-order valence-corrected chi connectivity index (χ0v) is 18.1. The van der Waals surface area contributed by atoms with Gasteiger partial charge in [0.2, 0.25) is 5.91 Å². The van der Waals surface area contributed by atoms with Crippen molar-refractivity contribution in [3.05, 3.63) is 53.0 Å². The number of carbonyl (C=O) groups is 1. The van der Waals surface area contributed by atoms with Gasteiger partial charge in [0, 0.05) is 12.6 Å². The average molecular weight is 427 g/mol. The van der Waals surface area contributed by atoms with Crippen LogP contribution in [0.1, 0.15) is 43.0 Å². The molecule has 0 aliphatic carbocycles. The fourth-order valence-corrected chi connectivity index (χ4v) is 4.64. The predicted octanol–water partition coefficient (Wildman–Crippen LogP) is 5.11. The number of nitrogens with zero attached hydrogens (tertiary/aromatic N) is 2. The van der Waals surface area contributed by atoms with E-state index < -0.39 is 0 Å². The third-order valence-corrected chi connectivity index (χ3v) is 6.39. The van der Waals surface area contributed by atoms with Gasteiger partial charge in [-0.2, -0.15) is 0 Å². The highest BCUT2D eigenvalue weighted by molar-refractivity contribution is 7.13. The number of hydrogen-bond donors (Lipinski definition) is 0. The number of ether oxygens (including phenoxy) is 2. The summed E-state index contributed by atoms with van der Waals surface area (Å²) < 4.78 is 16.3. The topological polar surface area (TPSA) is 64.8 Å². The Morgan fingerprint density at radius 2 is 2.03 bits per heavy atom. The van der Waals surface area contributed by atoms with E-state index in [4.69, 9.17) is 14.0 Å². The van der Waals surface area contributed by atoms with Gasteiger partial charge >= 0.3 is 0 Å². The van der Waals surface area contributed by atoms with E-state index >= 15 is 0 Å². The molecule has 4 rings (SSSR count). The summed E-state index contributed by atoms with van der Waals surface area (Å²) in [6.45, 7) is 0.734. The SMILES string of the molecule is COc1ccc(CC(=O)N2CCCCC[C@H]2c2cc(-c3cccs3)on2)cc1OC. The van der Waals surface area contributed by atoms with Crippen molar-refractivity contribution in [2.45, 2.75) is 38.1 Å². The van der Waals surface area contributed by atoms with Crippen molar-refractivity contribution in [2.75, 3.05) is 20.8 Å². The zero-order chi connectivity index (χ0) is 20.9. The molecule has 7 heteroatoms. The summed E-state index contributed by atoms with van der Waals surface area (Å²) in [6, 6.07) is 11.6. The maximum atomic E-state index is 13.3. The van der Waals surface area contributed by atoms with Gasteiger partial charge < -0.3 is 18.9 Å². The van der Waals surface area contributed by atoms with Crippen LogP contribution < -0.4 is 9.47 Å². The number of carbonyl (C=O) groups excluding carboxylic acids is 1. The molecule has 0 saturated carbocycles. The van der Waals surface area contributed by atoms with E-state index in [1.54, 1.807) is 25.6 Å². The maximum absolute atomic E-state index is 13.3. The third-order valence-electron chi connectivity index (χ3n) is 5.51. The molecule has 3 aromatic rings. The number of hydrogen-bond acceptors (Lipinski definition) is 6. The molecule has 2 aromatic heterocycles. The minimum absolute atomic E-state index is 0.0578. The first kappa shape index (κ1) is 20.5. The van der Waals surface area contributed by atoms with Gasteiger partial charge in [-0.15, -0.1) is 11.3 Å². The number of benzene rings is 1. The molecule has 30 heavy (non-hydrogen) atoms. The lowest BCUT2D eigenvalue weighted by Crippen LogP contribution is -2.36. The van der Waals surface area contributed by atoms with Gasteiger partial charge in [0.05, 0.1) is 31.6 Å². The van der Waals surface area contributed by atoms with Gasteiger partial charge in [-0.25, -0.2) is 0 Å². The normalized spacial score (nSPS) is 16.9. The van der Waals surface area contributed by atoms with Crippen LogP contribution >= 0.6 is 11.3 Å². The molecule has 1 aliphatic rings.